The number of benzene rings is 3. The Morgan fingerprint density at radius 3 is 2.75 bits per heavy atom. The summed E-state index contributed by atoms with van der Waals surface area (Å²) in [7, 11) is 0. The van der Waals surface area contributed by atoms with Gasteiger partial charge in [0.15, 0.2) is 12.4 Å². The van der Waals surface area contributed by atoms with Gasteiger partial charge >= 0.3 is 5.97 Å². The Bertz CT molecular complexity index is 1220. The zero-order valence-electron chi connectivity index (χ0n) is 16.5. The molecule has 0 fully saturated rings. The van der Waals surface area contributed by atoms with Crippen molar-refractivity contribution in [1.29, 1.82) is 0 Å². The summed E-state index contributed by atoms with van der Waals surface area (Å²) in [4.78, 5) is 25.6. The molecule has 3 aromatic carbocycles. The summed E-state index contributed by atoms with van der Waals surface area (Å²) in [6, 6.07) is 14.2. The van der Waals surface area contributed by atoms with Crippen molar-refractivity contribution in [3.63, 3.8) is 0 Å². The molecule has 0 atom stereocenters. The average Bonchev–Trinajstić information content (AvgIpc) is 2.75. The Hall–Kier alpha value is -3.10. The van der Waals surface area contributed by atoms with Crippen LogP contribution in [-0.2, 0) is 17.9 Å². The topological polar surface area (TPSA) is 76.1 Å². The molecule has 6 nitrogen and oxygen atoms in total. The van der Waals surface area contributed by atoms with Crippen LogP contribution in [0.2, 0.25) is 5.02 Å². The van der Waals surface area contributed by atoms with Crippen molar-refractivity contribution < 1.29 is 28.6 Å². The van der Waals surface area contributed by atoms with Crippen LogP contribution in [0.1, 0.15) is 21.5 Å². The summed E-state index contributed by atoms with van der Waals surface area (Å²) in [6.45, 7) is -0.206. The highest BCUT2D eigenvalue weighted by Gasteiger charge is 2.30. The number of para-hydroxylation sites is 1. The van der Waals surface area contributed by atoms with E-state index in [1.807, 2.05) is 0 Å². The molecule has 0 radical (unpaired) electrons. The maximum Gasteiger partial charge on any atom is 0.339 e. The van der Waals surface area contributed by atoms with Crippen LogP contribution < -0.4 is 14.4 Å². The molecule has 0 aromatic heterocycles. The SMILES string of the molecule is O=C(O)c1cccc2c1OCC(=O)N2Cc1cc(Br)ccc1OCc1ccc(Cl)cc1F. The molecule has 0 saturated carbocycles. The Kier molecular flexibility index (Phi) is 6.34. The summed E-state index contributed by atoms with van der Waals surface area (Å²) >= 11 is 9.22. The lowest BCUT2D eigenvalue weighted by Crippen LogP contribution is -2.38. The van der Waals surface area contributed by atoms with Crippen molar-refractivity contribution in [2.24, 2.45) is 0 Å². The molecule has 1 amide bonds. The van der Waals surface area contributed by atoms with E-state index < -0.39 is 11.8 Å². The molecule has 0 saturated heterocycles. The second-order valence-corrected chi connectivity index (χ2v) is 8.36. The van der Waals surface area contributed by atoms with E-state index in [1.165, 1.54) is 17.0 Å². The molecule has 9 heteroatoms. The molecule has 0 aliphatic carbocycles. The monoisotopic (exact) mass is 519 g/mol. The van der Waals surface area contributed by atoms with Crippen molar-refractivity contribution in [2.75, 3.05) is 11.5 Å². The first-order valence-electron chi connectivity index (χ1n) is 9.48. The first-order chi connectivity index (χ1) is 15.3. The lowest BCUT2D eigenvalue weighted by atomic mass is 10.1. The van der Waals surface area contributed by atoms with Crippen molar-refractivity contribution >= 4 is 45.1 Å². The van der Waals surface area contributed by atoms with E-state index in [0.717, 1.165) is 4.47 Å². The van der Waals surface area contributed by atoms with Gasteiger partial charge in [-0.2, -0.15) is 0 Å². The van der Waals surface area contributed by atoms with Gasteiger partial charge in [0.1, 0.15) is 23.7 Å². The summed E-state index contributed by atoms with van der Waals surface area (Å²) < 4.78 is 26.2. The van der Waals surface area contributed by atoms with Gasteiger partial charge in [-0.3, -0.25) is 4.79 Å². The van der Waals surface area contributed by atoms with E-state index in [4.69, 9.17) is 21.1 Å². The second kappa shape index (κ2) is 9.18. The number of carbonyl (C=O) groups excluding carboxylic acids is 1. The average molecular weight is 521 g/mol. The molecule has 0 unspecified atom stereocenters. The maximum absolute atomic E-state index is 14.1. The van der Waals surface area contributed by atoms with Gasteiger partial charge < -0.3 is 19.5 Å². The molecular formula is C23H16BrClFNO5. The van der Waals surface area contributed by atoms with Crippen molar-refractivity contribution in [1.82, 2.24) is 0 Å². The maximum atomic E-state index is 14.1. The van der Waals surface area contributed by atoms with E-state index in [9.17, 15) is 19.1 Å². The van der Waals surface area contributed by atoms with E-state index in [0.29, 0.717) is 27.6 Å². The predicted molar refractivity (Wildman–Crippen MR) is 120 cm³/mol. The summed E-state index contributed by atoms with van der Waals surface area (Å²) in [6.07, 6.45) is 0. The first kappa shape index (κ1) is 22.1. The molecule has 0 spiro atoms. The molecule has 164 valence electrons. The lowest BCUT2D eigenvalue weighted by molar-refractivity contribution is -0.121. The number of carboxylic acid groups (broad SMARTS) is 1. The quantitative estimate of drug-likeness (QED) is 0.468. The van der Waals surface area contributed by atoms with Gasteiger partial charge in [0.05, 0.1) is 12.2 Å². The standard InChI is InChI=1S/C23H16BrClFNO5/c24-15-5-7-20(31-11-13-4-6-16(25)9-18(13)26)14(8-15)10-27-19-3-1-2-17(23(29)30)22(19)32-12-21(27)28/h1-9H,10-12H2,(H,29,30). The lowest BCUT2D eigenvalue weighted by Gasteiger charge is -2.30. The highest BCUT2D eigenvalue weighted by Crippen LogP contribution is 2.37. The molecule has 1 aliphatic heterocycles. The van der Waals surface area contributed by atoms with Crippen molar-refractivity contribution in [3.8, 4) is 11.5 Å². The van der Waals surface area contributed by atoms with Gasteiger partial charge in [0, 0.05) is 20.6 Å². The highest BCUT2D eigenvalue weighted by molar-refractivity contribution is 9.10. The molecule has 1 heterocycles. The minimum absolute atomic E-state index is 0.0241. The van der Waals surface area contributed by atoms with Gasteiger partial charge in [-0.1, -0.05) is 39.7 Å². The zero-order valence-corrected chi connectivity index (χ0v) is 18.8. The van der Waals surface area contributed by atoms with Gasteiger partial charge in [-0.15, -0.1) is 0 Å². The number of fused-ring (bicyclic) bond motifs is 1. The fourth-order valence-corrected chi connectivity index (χ4v) is 3.92. The number of anilines is 1. The van der Waals surface area contributed by atoms with E-state index in [2.05, 4.69) is 15.9 Å². The molecule has 32 heavy (non-hydrogen) atoms. The Balaban J connectivity index is 1.64. The van der Waals surface area contributed by atoms with Crippen molar-refractivity contribution in [2.45, 2.75) is 13.2 Å². The number of rotatable bonds is 6. The third kappa shape index (κ3) is 4.56. The van der Waals surface area contributed by atoms with E-state index >= 15 is 0 Å². The molecule has 3 aromatic rings. The molecular weight excluding hydrogens is 505 g/mol. The second-order valence-electron chi connectivity index (χ2n) is 7.00. The minimum atomic E-state index is -1.15. The number of halogens is 3. The number of carbonyl (C=O) groups is 2. The van der Waals surface area contributed by atoms with Crippen LogP contribution in [0.25, 0.3) is 0 Å². The van der Waals surface area contributed by atoms with Crippen LogP contribution in [0.4, 0.5) is 10.1 Å². The van der Waals surface area contributed by atoms with Crippen LogP contribution in [0.3, 0.4) is 0 Å². The van der Waals surface area contributed by atoms with Crippen LogP contribution in [0.15, 0.2) is 59.1 Å². The normalized spacial score (nSPS) is 12.8. The fraction of sp³-hybridized carbons (Fsp3) is 0.130. The summed E-state index contributed by atoms with van der Waals surface area (Å²) in [5, 5.41) is 9.72. The van der Waals surface area contributed by atoms with Gasteiger partial charge in [0.2, 0.25) is 0 Å². The fourth-order valence-electron chi connectivity index (χ4n) is 3.35. The van der Waals surface area contributed by atoms with E-state index in [1.54, 1.807) is 42.5 Å². The number of amides is 1. The molecule has 0 bridgehead atoms. The Morgan fingerprint density at radius 1 is 1.19 bits per heavy atom. The van der Waals surface area contributed by atoms with Crippen LogP contribution in [0, 0.1) is 5.82 Å². The number of hydrogen-bond donors (Lipinski definition) is 1. The highest BCUT2D eigenvalue weighted by atomic mass is 79.9. The molecule has 4 rings (SSSR count). The van der Waals surface area contributed by atoms with E-state index in [-0.39, 0.29) is 37.0 Å². The van der Waals surface area contributed by atoms with Gasteiger partial charge in [-0.05, 0) is 42.5 Å². The smallest absolute Gasteiger partial charge is 0.339 e. The van der Waals surface area contributed by atoms with Gasteiger partial charge in [0.25, 0.3) is 5.91 Å². The van der Waals surface area contributed by atoms with Crippen molar-refractivity contribution in [3.05, 3.63) is 86.6 Å². The third-order valence-electron chi connectivity index (χ3n) is 4.91. The first-order valence-corrected chi connectivity index (χ1v) is 10.6. The number of aromatic carboxylic acids is 1. The molecule has 1 aliphatic rings. The largest absolute Gasteiger partial charge is 0.488 e. The van der Waals surface area contributed by atoms with Crippen LogP contribution in [0.5, 0.6) is 11.5 Å². The number of ether oxygens (including phenoxy) is 2. The van der Waals surface area contributed by atoms with Gasteiger partial charge in [-0.25, -0.2) is 9.18 Å². The summed E-state index contributed by atoms with van der Waals surface area (Å²) in [5.41, 5.74) is 1.32. The number of carboxylic acids is 1. The van der Waals surface area contributed by atoms with Crippen LogP contribution in [-0.4, -0.2) is 23.6 Å². The summed E-state index contributed by atoms with van der Waals surface area (Å²) in [5.74, 6) is -1.35. The van der Waals surface area contributed by atoms with Crippen LogP contribution >= 0.6 is 27.5 Å². The Morgan fingerprint density at radius 2 is 2.00 bits per heavy atom. The minimum Gasteiger partial charge on any atom is -0.488 e. The molecule has 1 N–H and O–H groups in total. The number of hydrogen-bond acceptors (Lipinski definition) is 4. The number of nitrogens with zero attached hydrogens (tertiary/aromatic N) is 1. The third-order valence-corrected chi connectivity index (χ3v) is 5.63. The zero-order chi connectivity index (χ0) is 22.8. The Labute approximate surface area is 196 Å². The predicted octanol–water partition coefficient (Wildman–Crippen LogP) is 5.44.